The second-order valence-electron chi connectivity index (χ2n) is 4.12. The molecular formula is C12H18N6O4. The van der Waals surface area contributed by atoms with Crippen LogP contribution in [0.25, 0.3) is 0 Å². The quantitative estimate of drug-likeness (QED) is 0.594. The monoisotopic (exact) mass is 310 g/mol. The molecule has 0 saturated carbocycles. The molecule has 0 radical (unpaired) electrons. The number of aliphatic hydroxyl groups is 3. The molecule has 0 amide bonds. The number of hydrogen-bond donors (Lipinski definition) is 3. The third-order valence-electron chi connectivity index (χ3n) is 2.45. The third-order valence-corrected chi connectivity index (χ3v) is 2.45. The fourth-order valence-corrected chi connectivity index (χ4v) is 1.30. The summed E-state index contributed by atoms with van der Waals surface area (Å²) >= 11 is 0. The summed E-state index contributed by atoms with van der Waals surface area (Å²) in [5, 5.41) is 46.3. The number of rotatable bonds is 7. The van der Waals surface area contributed by atoms with E-state index in [0.29, 0.717) is 24.6 Å². The molecule has 22 heavy (non-hydrogen) atoms. The van der Waals surface area contributed by atoms with Crippen molar-refractivity contribution in [2.24, 2.45) is 5.92 Å². The predicted molar refractivity (Wildman–Crippen MR) is 73.7 cm³/mol. The van der Waals surface area contributed by atoms with Crippen molar-refractivity contribution < 1.29 is 20.1 Å². The van der Waals surface area contributed by atoms with Crippen molar-refractivity contribution in [3.63, 3.8) is 0 Å². The van der Waals surface area contributed by atoms with Crippen molar-refractivity contribution in [3.8, 4) is 11.8 Å². The summed E-state index contributed by atoms with van der Waals surface area (Å²) in [6.45, 7) is 0.156. The molecule has 0 fully saturated rings. The lowest BCUT2D eigenvalue weighted by Gasteiger charge is -2.07. The zero-order chi connectivity index (χ0) is 16.0. The molecule has 0 unspecified atom stereocenters. The van der Waals surface area contributed by atoms with Gasteiger partial charge in [0.25, 0.3) is 0 Å². The lowest BCUT2D eigenvalue weighted by molar-refractivity contribution is 0.136. The molecule has 120 valence electrons. The first-order valence-electron chi connectivity index (χ1n) is 6.59. The van der Waals surface area contributed by atoms with E-state index < -0.39 is 0 Å². The summed E-state index contributed by atoms with van der Waals surface area (Å²) in [5.74, 6) is 0.586. The summed E-state index contributed by atoms with van der Waals surface area (Å²) in [6, 6.07) is 3.13. The minimum absolute atomic E-state index is 0.0104. The highest BCUT2D eigenvalue weighted by molar-refractivity contribution is 5.13. The first-order valence-corrected chi connectivity index (χ1v) is 6.59. The van der Waals surface area contributed by atoms with Crippen molar-refractivity contribution in [2.75, 3.05) is 19.8 Å². The summed E-state index contributed by atoms with van der Waals surface area (Å²) in [5.41, 5.74) is 0. The van der Waals surface area contributed by atoms with Crippen molar-refractivity contribution in [1.29, 1.82) is 0 Å². The molecule has 10 nitrogen and oxygen atoms in total. The van der Waals surface area contributed by atoms with E-state index in [0.717, 1.165) is 0 Å². The van der Waals surface area contributed by atoms with E-state index in [9.17, 15) is 0 Å². The number of aromatic nitrogens is 6. The van der Waals surface area contributed by atoms with Crippen LogP contribution in [0.15, 0.2) is 24.5 Å². The van der Waals surface area contributed by atoms with Crippen LogP contribution < -0.4 is 4.74 Å². The minimum Gasteiger partial charge on any atom is -0.417 e. The highest BCUT2D eigenvalue weighted by Gasteiger charge is 2.03. The predicted octanol–water partition coefficient (Wildman–Crippen LogP) is -0.791. The van der Waals surface area contributed by atoms with Gasteiger partial charge in [-0.05, 0) is 23.3 Å². The van der Waals surface area contributed by atoms with E-state index in [4.69, 9.17) is 20.1 Å². The number of ether oxygens (including phenoxy) is 1. The van der Waals surface area contributed by atoms with Crippen molar-refractivity contribution in [1.82, 2.24) is 30.8 Å². The molecule has 0 saturated heterocycles. The molecule has 2 heterocycles. The minimum atomic E-state index is -0.0443. The smallest absolute Gasteiger partial charge is 0.244 e. The maximum Gasteiger partial charge on any atom is 0.244 e. The average Bonchev–Trinajstić information content (AvgIpc) is 2.58. The standard InChI is InChI=1S/C6H4N6O.C6H14O3/c1-3-7-11-9-5(1)13-6-2-4-8-12-10-6;7-3-1-2-6(4-8)5-9/h1-4H;6-9H,1-5H2. The molecule has 2 rings (SSSR count). The Balaban J connectivity index is 0.000000239. The highest BCUT2D eigenvalue weighted by atomic mass is 16.5. The molecule has 0 aliphatic carbocycles. The van der Waals surface area contributed by atoms with E-state index in [-0.39, 0.29) is 25.7 Å². The Morgan fingerprint density at radius 2 is 1.45 bits per heavy atom. The van der Waals surface area contributed by atoms with Gasteiger partial charge >= 0.3 is 0 Å². The van der Waals surface area contributed by atoms with Gasteiger partial charge in [-0.3, -0.25) is 0 Å². The second-order valence-corrected chi connectivity index (χ2v) is 4.12. The SMILES string of the molecule is OCCCC(CO)CO.c1cc(Oc2ccnnn2)nnn1. The molecular weight excluding hydrogens is 292 g/mol. The van der Waals surface area contributed by atoms with Gasteiger partial charge in [0.2, 0.25) is 11.8 Å². The van der Waals surface area contributed by atoms with Gasteiger partial charge in [-0.15, -0.1) is 10.2 Å². The molecule has 0 aromatic carbocycles. The van der Waals surface area contributed by atoms with Crippen LogP contribution in [0.2, 0.25) is 0 Å². The van der Waals surface area contributed by atoms with Gasteiger partial charge < -0.3 is 20.1 Å². The van der Waals surface area contributed by atoms with E-state index in [1.807, 2.05) is 0 Å². The molecule has 0 aliphatic rings. The van der Waals surface area contributed by atoms with Crippen LogP contribution in [0.1, 0.15) is 12.8 Å². The molecule has 2 aromatic heterocycles. The third kappa shape index (κ3) is 7.47. The Hall–Kier alpha value is -2.30. The Morgan fingerprint density at radius 1 is 0.909 bits per heavy atom. The van der Waals surface area contributed by atoms with Crippen LogP contribution >= 0.6 is 0 Å². The maximum absolute atomic E-state index is 8.51. The van der Waals surface area contributed by atoms with Crippen LogP contribution in [0, 0.1) is 5.92 Å². The zero-order valence-electron chi connectivity index (χ0n) is 11.9. The van der Waals surface area contributed by atoms with E-state index in [2.05, 4.69) is 30.8 Å². The molecule has 0 spiro atoms. The summed E-state index contributed by atoms with van der Waals surface area (Å²) in [6.07, 6.45) is 4.29. The van der Waals surface area contributed by atoms with Gasteiger partial charge in [-0.1, -0.05) is 10.2 Å². The second kappa shape index (κ2) is 11.4. The van der Waals surface area contributed by atoms with E-state index in [1.165, 1.54) is 12.4 Å². The van der Waals surface area contributed by atoms with Crippen LogP contribution in [0.5, 0.6) is 11.8 Å². The number of hydrogen-bond acceptors (Lipinski definition) is 10. The van der Waals surface area contributed by atoms with Crippen LogP contribution in [0.3, 0.4) is 0 Å². The van der Waals surface area contributed by atoms with Crippen LogP contribution in [-0.4, -0.2) is 66.0 Å². The van der Waals surface area contributed by atoms with Gasteiger partial charge in [0, 0.05) is 37.9 Å². The maximum atomic E-state index is 8.51. The van der Waals surface area contributed by atoms with Gasteiger partial charge in [0.1, 0.15) is 0 Å². The lowest BCUT2D eigenvalue weighted by atomic mass is 10.1. The van der Waals surface area contributed by atoms with Gasteiger partial charge in [-0.2, -0.15) is 0 Å². The average molecular weight is 310 g/mol. The van der Waals surface area contributed by atoms with Gasteiger partial charge in [0.15, 0.2) is 0 Å². The van der Waals surface area contributed by atoms with E-state index in [1.54, 1.807) is 12.1 Å². The van der Waals surface area contributed by atoms with Crippen molar-refractivity contribution >= 4 is 0 Å². The Bertz CT molecular complexity index is 448. The molecule has 0 atom stereocenters. The summed E-state index contributed by atoms with van der Waals surface area (Å²) in [7, 11) is 0. The number of nitrogens with zero attached hydrogens (tertiary/aromatic N) is 6. The molecule has 0 bridgehead atoms. The lowest BCUT2D eigenvalue weighted by Crippen LogP contribution is -2.11. The fourth-order valence-electron chi connectivity index (χ4n) is 1.30. The van der Waals surface area contributed by atoms with Crippen LogP contribution in [0.4, 0.5) is 0 Å². The van der Waals surface area contributed by atoms with Gasteiger partial charge in [-0.25, -0.2) is 0 Å². The van der Waals surface area contributed by atoms with Crippen LogP contribution in [-0.2, 0) is 0 Å². The first-order chi connectivity index (χ1) is 10.8. The van der Waals surface area contributed by atoms with Gasteiger partial charge in [0.05, 0.1) is 12.4 Å². The normalized spacial score (nSPS) is 10.0. The molecule has 3 N–H and O–H groups in total. The summed E-state index contributed by atoms with van der Waals surface area (Å²) in [4.78, 5) is 0. The first kappa shape index (κ1) is 17.8. The van der Waals surface area contributed by atoms with E-state index >= 15 is 0 Å². The highest BCUT2D eigenvalue weighted by Crippen LogP contribution is 2.11. The largest absolute Gasteiger partial charge is 0.417 e. The fraction of sp³-hybridized carbons (Fsp3) is 0.500. The Kier molecular flexibility index (Phi) is 9.17. The van der Waals surface area contributed by atoms with Crippen molar-refractivity contribution in [3.05, 3.63) is 24.5 Å². The molecule has 2 aromatic rings. The molecule has 10 heteroatoms. The Labute approximate surface area is 126 Å². The topological polar surface area (TPSA) is 147 Å². The number of aliphatic hydroxyl groups excluding tert-OH is 3. The zero-order valence-corrected chi connectivity index (χ0v) is 11.9. The Morgan fingerprint density at radius 3 is 1.82 bits per heavy atom. The molecule has 0 aliphatic heterocycles. The summed E-state index contributed by atoms with van der Waals surface area (Å²) < 4.78 is 5.15. The van der Waals surface area contributed by atoms with Crippen molar-refractivity contribution in [2.45, 2.75) is 12.8 Å².